The zero-order chi connectivity index (χ0) is 21.3. The molecule has 4 rings (SSSR count). The summed E-state index contributed by atoms with van der Waals surface area (Å²) in [7, 11) is 1.68. The molecule has 2 N–H and O–H groups in total. The molecule has 1 amide bonds. The summed E-state index contributed by atoms with van der Waals surface area (Å²) in [5.41, 5.74) is 3.45. The lowest BCUT2D eigenvalue weighted by molar-refractivity contribution is -0.127. The molecule has 8 heteroatoms. The monoisotopic (exact) mass is 415 g/mol. The van der Waals surface area contributed by atoms with Crippen molar-refractivity contribution < 1.29 is 14.6 Å². The smallest absolute Gasteiger partial charge is 0.241 e. The molecule has 2 aromatic rings. The predicted molar refractivity (Wildman–Crippen MR) is 115 cm³/mol. The van der Waals surface area contributed by atoms with Gasteiger partial charge in [0.1, 0.15) is 0 Å². The van der Waals surface area contributed by atoms with Crippen molar-refractivity contribution in [2.45, 2.75) is 69.9 Å². The number of methoxy groups -OCH3 is 1. The lowest BCUT2D eigenvalue weighted by Crippen LogP contribution is -2.25. The Bertz CT molecular complexity index is 890. The fourth-order valence-corrected chi connectivity index (χ4v) is 4.91. The highest BCUT2D eigenvalue weighted by atomic mass is 16.5. The van der Waals surface area contributed by atoms with Crippen LogP contribution in [0.4, 0.5) is 5.95 Å². The van der Waals surface area contributed by atoms with Gasteiger partial charge in [0, 0.05) is 50.7 Å². The highest BCUT2D eigenvalue weighted by Crippen LogP contribution is 2.38. The number of nitrogens with one attached hydrogen (secondary N) is 1. The summed E-state index contributed by atoms with van der Waals surface area (Å²) in [6.07, 6.45) is 6.27. The summed E-state index contributed by atoms with van der Waals surface area (Å²) in [5, 5.41) is 18.1. The van der Waals surface area contributed by atoms with Gasteiger partial charge in [0.05, 0.1) is 24.4 Å². The molecule has 0 spiro atoms. The fourth-order valence-electron chi connectivity index (χ4n) is 4.91. The quantitative estimate of drug-likeness (QED) is 0.753. The molecule has 1 aliphatic heterocycles. The van der Waals surface area contributed by atoms with E-state index < -0.39 is 0 Å². The Hall–Kier alpha value is -2.19. The van der Waals surface area contributed by atoms with Crippen LogP contribution in [0.3, 0.4) is 0 Å². The first kappa shape index (κ1) is 21.1. The third kappa shape index (κ3) is 4.30. The van der Waals surface area contributed by atoms with Gasteiger partial charge in [-0.3, -0.25) is 4.79 Å². The van der Waals surface area contributed by atoms with Crippen LogP contribution in [-0.2, 0) is 9.53 Å². The van der Waals surface area contributed by atoms with Gasteiger partial charge in [-0.25, -0.2) is 9.50 Å². The molecule has 2 aliphatic rings. The largest absolute Gasteiger partial charge is 0.393 e. The first-order valence-corrected chi connectivity index (χ1v) is 11.0. The molecule has 1 saturated carbocycles. The fraction of sp³-hybridized carbons (Fsp3) is 0.682. The zero-order valence-corrected chi connectivity index (χ0v) is 18.2. The van der Waals surface area contributed by atoms with E-state index in [1.54, 1.807) is 14.0 Å². The number of carbonyl (C=O) groups is 1. The Morgan fingerprint density at radius 1 is 1.30 bits per heavy atom. The Labute approximate surface area is 177 Å². The number of aliphatic hydroxyl groups is 1. The maximum atomic E-state index is 11.8. The van der Waals surface area contributed by atoms with Gasteiger partial charge in [0.2, 0.25) is 11.9 Å². The third-order valence-electron chi connectivity index (χ3n) is 6.56. The number of amides is 1. The van der Waals surface area contributed by atoms with Gasteiger partial charge in [-0.2, -0.15) is 0 Å². The number of hydrogen-bond donors (Lipinski definition) is 2. The highest BCUT2D eigenvalue weighted by molar-refractivity contribution is 5.74. The molecule has 2 atom stereocenters. The average molecular weight is 416 g/mol. The van der Waals surface area contributed by atoms with E-state index in [2.05, 4.69) is 16.4 Å². The van der Waals surface area contributed by atoms with Gasteiger partial charge >= 0.3 is 0 Å². The minimum absolute atomic E-state index is 0.106. The van der Waals surface area contributed by atoms with Crippen molar-refractivity contribution in [2.24, 2.45) is 0 Å². The normalized spacial score (nSPS) is 25.6. The molecular formula is C22H33N5O3. The lowest BCUT2D eigenvalue weighted by atomic mass is 9.85. The zero-order valence-electron chi connectivity index (χ0n) is 18.2. The molecule has 1 unspecified atom stereocenters. The molecule has 30 heavy (non-hydrogen) atoms. The maximum absolute atomic E-state index is 11.8. The molecule has 0 aromatic carbocycles. The topological polar surface area (TPSA) is 92.0 Å². The number of hydrogen-bond acceptors (Lipinski definition) is 6. The van der Waals surface area contributed by atoms with Crippen LogP contribution >= 0.6 is 0 Å². The van der Waals surface area contributed by atoms with E-state index in [9.17, 15) is 9.90 Å². The van der Waals surface area contributed by atoms with Crippen LogP contribution in [-0.4, -0.2) is 69.5 Å². The number of ether oxygens (including phenoxy) is 1. The summed E-state index contributed by atoms with van der Waals surface area (Å²) < 4.78 is 7.26. The van der Waals surface area contributed by atoms with E-state index in [0.717, 1.165) is 50.7 Å². The third-order valence-corrected chi connectivity index (χ3v) is 6.56. The summed E-state index contributed by atoms with van der Waals surface area (Å²) in [4.78, 5) is 18.3. The number of rotatable bonds is 6. The molecule has 164 valence electrons. The summed E-state index contributed by atoms with van der Waals surface area (Å²) in [6, 6.07) is 2.39. The Balaban J connectivity index is 1.69. The number of anilines is 1. The van der Waals surface area contributed by atoms with Crippen molar-refractivity contribution in [3.63, 3.8) is 0 Å². The molecule has 2 fully saturated rings. The molecule has 2 aromatic heterocycles. The van der Waals surface area contributed by atoms with Crippen molar-refractivity contribution in [3.8, 4) is 0 Å². The minimum Gasteiger partial charge on any atom is -0.393 e. The van der Waals surface area contributed by atoms with E-state index in [1.807, 2.05) is 22.5 Å². The number of aromatic nitrogens is 3. The van der Waals surface area contributed by atoms with Crippen LogP contribution in [0.5, 0.6) is 0 Å². The Morgan fingerprint density at radius 2 is 2.07 bits per heavy atom. The SMILES string of the molecule is COC[C@H](C)Nc1ncc2c(C3CCN(C(C)=O)C3)cc(C3CCC(O)CC3)n2n1. The number of aliphatic hydroxyl groups excluding tert-OH is 1. The van der Waals surface area contributed by atoms with Crippen LogP contribution < -0.4 is 5.32 Å². The first-order chi connectivity index (χ1) is 14.5. The summed E-state index contributed by atoms with van der Waals surface area (Å²) in [5.74, 6) is 1.40. The number of carbonyl (C=O) groups excluding carboxylic acids is 1. The second-order valence-corrected chi connectivity index (χ2v) is 8.86. The molecule has 8 nitrogen and oxygen atoms in total. The van der Waals surface area contributed by atoms with Gasteiger partial charge < -0.3 is 20.1 Å². The van der Waals surface area contributed by atoms with Crippen LogP contribution in [0.15, 0.2) is 12.3 Å². The number of likely N-dealkylation sites (tertiary alicyclic amines) is 1. The molecule has 0 bridgehead atoms. The van der Waals surface area contributed by atoms with Gasteiger partial charge in [-0.05, 0) is 50.7 Å². The summed E-state index contributed by atoms with van der Waals surface area (Å²) in [6.45, 7) is 5.81. The predicted octanol–water partition coefficient (Wildman–Crippen LogP) is 2.53. The number of nitrogens with zero attached hydrogens (tertiary/aromatic N) is 4. The van der Waals surface area contributed by atoms with Gasteiger partial charge in [0.25, 0.3) is 0 Å². The van der Waals surface area contributed by atoms with Crippen molar-refractivity contribution >= 4 is 17.4 Å². The van der Waals surface area contributed by atoms with Crippen LogP contribution in [0, 0.1) is 0 Å². The van der Waals surface area contributed by atoms with E-state index in [-0.39, 0.29) is 18.1 Å². The molecule has 1 saturated heterocycles. The Kier molecular flexibility index (Phi) is 6.24. The first-order valence-electron chi connectivity index (χ1n) is 11.0. The standard InChI is InChI=1S/C22H33N5O3/c1-14(13-30-3)24-22-23-11-21-19(17-8-9-26(12-17)15(2)28)10-20(27(21)25-22)16-4-6-18(29)7-5-16/h10-11,14,16-18,29H,4-9,12-13H2,1-3H3,(H,24,25)/t14-,16?,17?,18?/m0/s1. The van der Waals surface area contributed by atoms with E-state index in [0.29, 0.717) is 24.4 Å². The van der Waals surface area contributed by atoms with E-state index in [1.165, 1.54) is 11.3 Å². The maximum Gasteiger partial charge on any atom is 0.241 e. The lowest BCUT2D eigenvalue weighted by Gasteiger charge is -2.25. The summed E-state index contributed by atoms with van der Waals surface area (Å²) >= 11 is 0. The molecule has 0 radical (unpaired) electrons. The van der Waals surface area contributed by atoms with Gasteiger partial charge in [-0.15, -0.1) is 5.10 Å². The van der Waals surface area contributed by atoms with Crippen LogP contribution in [0.1, 0.15) is 69.0 Å². The molecular weight excluding hydrogens is 382 g/mol. The average Bonchev–Trinajstić information content (AvgIpc) is 3.34. The second kappa shape index (κ2) is 8.89. The van der Waals surface area contributed by atoms with Crippen LogP contribution in [0.25, 0.3) is 5.52 Å². The van der Waals surface area contributed by atoms with Gasteiger partial charge in [0.15, 0.2) is 0 Å². The van der Waals surface area contributed by atoms with Gasteiger partial charge in [-0.1, -0.05) is 0 Å². The van der Waals surface area contributed by atoms with Crippen molar-refractivity contribution in [1.82, 2.24) is 19.5 Å². The molecule has 1 aliphatic carbocycles. The highest BCUT2D eigenvalue weighted by Gasteiger charge is 2.31. The number of fused-ring (bicyclic) bond motifs is 1. The van der Waals surface area contributed by atoms with Crippen LogP contribution in [0.2, 0.25) is 0 Å². The Morgan fingerprint density at radius 3 is 2.73 bits per heavy atom. The van der Waals surface area contributed by atoms with Crippen molar-refractivity contribution in [2.75, 3.05) is 32.1 Å². The van der Waals surface area contributed by atoms with Crippen molar-refractivity contribution in [3.05, 3.63) is 23.5 Å². The minimum atomic E-state index is -0.187. The van der Waals surface area contributed by atoms with E-state index >= 15 is 0 Å². The second-order valence-electron chi connectivity index (χ2n) is 8.86. The van der Waals surface area contributed by atoms with E-state index in [4.69, 9.17) is 9.84 Å². The van der Waals surface area contributed by atoms with Crippen molar-refractivity contribution in [1.29, 1.82) is 0 Å². The molecule has 3 heterocycles.